The maximum Gasteiger partial charge on any atom is 0.162 e. The molecular weight excluding hydrogens is 390 g/mol. The Morgan fingerprint density at radius 2 is 1.65 bits per heavy atom. The minimum absolute atomic E-state index is 0.0202. The summed E-state index contributed by atoms with van der Waals surface area (Å²) in [4.78, 5) is 0. The highest BCUT2D eigenvalue weighted by atomic mass is 19.2. The summed E-state index contributed by atoms with van der Waals surface area (Å²) >= 11 is 0. The molecular formula is C28H42F2O. The van der Waals surface area contributed by atoms with E-state index in [2.05, 4.69) is 26.0 Å². The van der Waals surface area contributed by atoms with E-state index in [1.165, 1.54) is 51.4 Å². The molecule has 3 heteroatoms. The van der Waals surface area contributed by atoms with Gasteiger partial charge in [0, 0.05) is 5.92 Å². The normalized spacial score (nSPS) is 27.1. The van der Waals surface area contributed by atoms with Gasteiger partial charge >= 0.3 is 0 Å². The van der Waals surface area contributed by atoms with E-state index in [4.69, 9.17) is 4.74 Å². The molecule has 2 fully saturated rings. The van der Waals surface area contributed by atoms with Gasteiger partial charge in [-0.25, -0.2) is 8.78 Å². The molecule has 0 bridgehead atoms. The quantitative estimate of drug-likeness (QED) is 0.266. The van der Waals surface area contributed by atoms with Crippen LogP contribution in [-0.2, 0) is 11.2 Å². The SMILES string of the molecule is C/C=C/C1CCC(C2CC[C@@H](c3ccc(CCCCCCCC)c(F)c3F)CO2)CC1. The van der Waals surface area contributed by atoms with Gasteiger partial charge in [0.1, 0.15) is 0 Å². The molecule has 0 amide bonds. The predicted octanol–water partition coefficient (Wildman–Crippen LogP) is 8.51. The van der Waals surface area contributed by atoms with Crippen LogP contribution in [0.3, 0.4) is 0 Å². The molecule has 3 rings (SSSR count). The van der Waals surface area contributed by atoms with Gasteiger partial charge in [-0.3, -0.25) is 0 Å². The topological polar surface area (TPSA) is 9.23 Å². The summed E-state index contributed by atoms with van der Waals surface area (Å²) < 4.78 is 35.8. The Kier molecular flexibility index (Phi) is 10.0. The second-order valence-corrected chi connectivity index (χ2v) is 9.81. The zero-order valence-corrected chi connectivity index (χ0v) is 19.7. The van der Waals surface area contributed by atoms with Gasteiger partial charge in [-0.15, -0.1) is 0 Å². The molecule has 174 valence electrons. The fourth-order valence-electron chi connectivity index (χ4n) is 5.58. The molecule has 1 saturated carbocycles. The second kappa shape index (κ2) is 12.7. The van der Waals surface area contributed by atoms with E-state index in [0.29, 0.717) is 36.2 Å². The molecule has 1 saturated heterocycles. The number of hydrogen-bond acceptors (Lipinski definition) is 1. The molecule has 1 nitrogen and oxygen atoms in total. The van der Waals surface area contributed by atoms with Gasteiger partial charge in [0.2, 0.25) is 0 Å². The number of rotatable bonds is 10. The number of unbranched alkanes of at least 4 members (excludes halogenated alkanes) is 5. The second-order valence-electron chi connectivity index (χ2n) is 9.81. The zero-order chi connectivity index (χ0) is 22.1. The molecule has 1 aliphatic carbocycles. The van der Waals surface area contributed by atoms with Gasteiger partial charge < -0.3 is 4.74 Å². The Bertz CT molecular complexity index is 682. The third-order valence-electron chi connectivity index (χ3n) is 7.55. The highest BCUT2D eigenvalue weighted by Gasteiger charge is 2.32. The summed E-state index contributed by atoms with van der Waals surface area (Å²) in [6.45, 7) is 4.82. The van der Waals surface area contributed by atoms with Crippen LogP contribution in [0.2, 0.25) is 0 Å². The van der Waals surface area contributed by atoms with Crippen LogP contribution in [0, 0.1) is 23.5 Å². The summed E-state index contributed by atoms with van der Waals surface area (Å²) in [5.74, 6) is 0.0688. The van der Waals surface area contributed by atoms with Crippen molar-refractivity contribution in [2.45, 2.75) is 109 Å². The molecule has 31 heavy (non-hydrogen) atoms. The van der Waals surface area contributed by atoms with Gasteiger partial charge in [-0.05, 0) is 81.3 Å². The third kappa shape index (κ3) is 6.88. The molecule has 1 aromatic rings. The first-order valence-electron chi connectivity index (χ1n) is 12.8. The first kappa shape index (κ1) is 24.4. The van der Waals surface area contributed by atoms with E-state index in [1.54, 1.807) is 0 Å². The maximum absolute atomic E-state index is 14.9. The molecule has 0 aromatic heterocycles. The minimum Gasteiger partial charge on any atom is -0.377 e. The molecule has 2 aliphatic rings. The largest absolute Gasteiger partial charge is 0.377 e. The highest BCUT2D eigenvalue weighted by Crippen LogP contribution is 2.39. The van der Waals surface area contributed by atoms with E-state index < -0.39 is 11.6 Å². The van der Waals surface area contributed by atoms with Gasteiger partial charge in [0.25, 0.3) is 0 Å². The molecule has 2 atom stereocenters. The molecule has 1 unspecified atom stereocenters. The smallest absolute Gasteiger partial charge is 0.162 e. The Morgan fingerprint density at radius 3 is 2.32 bits per heavy atom. The number of benzene rings is 1. The van der Waals surface area contributed by atoms with Gasteiger partial charge in [0.05, 0.1) is 12.7 Å². The number of allylic oxidation sites excluding steroid dienone is 2. The summed E-state index contributed by atoms with van der Waals surface area (Å²) in [6.07, 6.45) is 19.2. The molecule has 1 heterocycles. The summed E-state index contributed by atoms with van der Waals surface area (Å²) in [6, 6.07) is 3.63. The van der Waals surface area contributed by atoms with E-state index in [9.17, 15) is 8.78 Å². The highest BCUT2D eigenvalue weighted by molar-refractivity contribution is 5.29. The van der Waals surface area contributed by atoms with Gasteiger partial charge in [-0.2, -0.15) is 0 Å². The lowest BCUT2D eigenvalue weighted by atomic mass is 9.76. The van der Waals surface area contributed by atoms with Crippen molar-refractivity contribution < 1.29 is 13.5 Å². The van der Waals surface area contributed by atoms with E-state index >= 15 is 0 Å². The number of hydrogen-bond donors (Lipinski definition) is 0. The monoisotopic (exact) mass is 432 g/mol. The number of aryl methyl sites for hydroxylation is 1. The molecule has 0 spiro atoms. The summed E-state index contributed by atoms with van der Waals surface area (Å²) in [7, 11) is 0. The summed E-state index contributed by atoms with van der Waals surface area (Å²) in [5.41, 5.74) is 1.05. The minimum atomic E-state index is -0.637. The van der Waals surface area contributed by atoms with Gasteiger partial charge in [-0.1, -0.05) is 63.3 Å². The van der Waals surface area contributed by atoms with Crippen LogP contribution in [-0.4, -0.2) is 12.7 Å². The molecule has 1 aromatic carbocycles. The van der Waals surface area contributed by atoms with Crippen LogP contribution in [0.4, 0.5) is 8.78 Å². The fraction of sp³-hybridized carbons (Fsp3) is 0.714. The first-order chi connectivity index (χ1) is 15.1. The van der Waals surface area contributed by atoms with Crippen LogP contribution >= 0.6 is 0 Å². The van der Waals surface area contributed by atoms with Crippen molar-refractivity contribution in [1.82, 2.24) is 0 Å². The van der Waals surface area contributed by atoms with Crippen LogP contribution in [0.5, 0.6) is 0 Å². The average molecular weight is 433 g/mol. The standard InChI is InChI=1S/C28H42F2O/c1-3-5-6-7-8-9-11-23-16-18-25(28(30)27(23)29)24-17-19-26(31-20-24)22-14-12-21(10-4-2)13-15-22/h4,10,16,18,21-22,24,26H,3,5-9,11-15,17,19-20H2,1-2H3/b10-4+/t21?,22?,24-,26?/m1/s1. The number of ether oxygens (including phenoxy) is 1. The average Bonchev–Trinajstić information content (AvgIpc) is 2.80. The zero-order valence-electron chi connectivity index (χ0n) is 19.7. The van der Waals surface area contributed by atoms with Crippen molar-refractivity contribution >= 4 is 0 Å². The fourth-order valence-corrected chi connectivity index (χ4v) is 5.58. The van der Waals surface area contributed by atoms with E-state index in [0.717, 1.165) is 31.6 Å². The van der Waals surface area contributed by atoms with E-state index in [1.807, 2.05) is 12.1 Å². The Morgan fingerprint density at radius 1 is 0.903 bits per heavy atom. The Balaban J connectivity index is 1.47. The van der Waals surface area contributed by atoms with Crippen molar-refractivity contribution in [3.05, 3.63) is 47.0 Å². The van der Waals surface area contributed by atoms with Crippen molar-refractivity contribution in [2.24, 2.45) is 11.8 Å². The number of halogens is 2. The van der Waals surface area contributed by atoms with Crippen LogP contribution < -0.4 is 0 Å². The van der Waals surface area contributed by atoms with Crippen molar-refractivity contribution in [3.8, 4) is 0 Å². The Labute approximate surface area is 188 Å². The van der Waals surface area contributed by atoms with Crippen molar-refractivity contribution in [3.63, 3.8) is 0 Å². The van der Waals surface area contributed by atoms with Crippen LogP contribution in [0.1, 0.15) is 108 Å². The molecule has 1 aliphatic heterocycles. The van der Waals surface area contributed by atoms with Crippen molar-refractivity contribution in [2.75, 3.05) is 6.61 Å². The lowest BCUT2D eigenvalue weighted by Crippen LogP contribution is -2.33. The molecule has 0 N–H and O–H groups in total. The lowest BCUT2D eigenvalue weighted by molar-refractivity contribution is -0.0424. The summed E-state index contributed by atoms with van der Waals surface area (Å²) in [5, 5.41) is 0. The third-order valence-corrected chi connectivity index (χ3v) is 7.55. The first-order valence-corrected chi connectivity index (χ1v) is 12.8. The van der Waals surface area contributed by atoms with E-state index in [-0.39, 0.29) is 5.92 Å². The molecule has 0 radical (unpaired) electrons. The van der Waals surface area contributed by atoms with Gasteiger partial charge in [0.15, 0.2) is 11.6 Å². The van der Waals surface area contributed by atoms with Crippen LogP contribution in [0.15, 0.2) is 24.3 Å². The van der Waals surface area contributed by atoms with Crippen LogP contribution in [0.25, 0.3) is 0 Å². The van der Waals surface area contributed by atoms with Crippen molar-refractivity contribution in [1.29, 1.82) is 0 Å². The predicted molar refractivity (Wildman–Crippen MR) is 125 cm³/mol. The maximum atomic E-state index is 14.9. The Hall–Kier alpha value is -1.22. The lowest BCUT2D eigenvalue weighted by Gasteiger charge is -2.37.